The topological polar surface area (TPSA) is 90.5 Å². The van der Waals surface area contributed by atoms with E-state index < -0.39 is 11.8 Å². The van der Waals surface area contributed by atoms with Crippen molar-refractivity contribution in [1.29, 1.82) is 0 Å². The van der Waals surface area contributed by atoms with Crippen molar-refractivity contribution in [3.05, 3.63) is 66.0 Å². The number of rotatable bonds is 6. The van der Waals surface area contributed by atoms with Crippen molar-refractivity contribution in [2.75, 3.05) is 31.5 Å². The maximum atomic E-state index is 13.2. The number of hydrogen-bond acceptors (Lipinski definition) is 3. The van der Waals surface area contributed by atoms with E-state index in [1.165, 1.54) is 18.2 Å². The molecule has 0 aliphatic carbocycles. The van der Waals surface area contributed by atoms with Gasteiger partial charge in [0.1, 0.15) is 5.82 Å². The van der Waals surface area contributed by atoms with Crippen LogP contribution in [0.4, 0.5) is 14.9 Å². The van der Waals surface area contributed by atoms with Gasteiger partial charge < -0.3 is 20.9 Å². The molecule has 1 heterocycles. The summed E-state index contributed by atoms with van der Waals surface area (Å²) in [6, 6.07) is 14.0. The van der Waals surface area contributed by atoms with Crippen molar-refractivity contribution in [2.24, 2.45) is 5.92 Å². The summed E-state index contributed by atoms with van der Waals surface area (Å²) in [5.41, 5.74) is 0.887. The number of nitrogens with one attached hydrogen (secondary N) is 3. The number of anilines is 1. The van der Waals surface area contributed by atoms with E-state index >= 15 is 0 Å². The molecule has 158 valence electrons. The van der Waals surface area contributed by atoms with Gasteiger partial charge in [0, 0.05) is 30.9 Å². The molecule has 1 fully saturated rings. The molecule has 8 heteroatoms. The Morgan fingerprint density at radius 3 is 2.60 bits per heavy atom. The Labute approximate surface area is 174 Å². The van der Waals surface area contributed by atoms with Crippen LogP contribution in [0.15, 0.2) is 54.6 Å². The summed E-state index contributed by atoms with van der Waals surface area (Å²) in [4.78, 5) is 38.3. The standard InChI is InChI=1S/C22H25FN4O3/c23-18-9-4-10-19(12-18)26-22(30)25-13-16-6-5-11-27(15-16)20(28)14-24-21(29)17-7-2-1-3-8-17/h1-4,7-10,12,16H,5-6,11,13-15H2,(H,24,29)(H2,25,26,30). The lowest BCUT2D eigenvalue weighted by Gasteiger charge is -2.33. The van der Waals surface area contributed by atoms with Gasteiger partial charge in [0.2, 0.25) is 5.91 Å². The minimum Gasteiger partial charge on any atom is -0.343 e. The highest BCUT2D eigenvalue weighted by Crippen LogP contribution is 2.16. The van der Waals surface area contributed by atoms with Gasteiger partial charge in [-0.1, -0.05) is 24.3 Å². The Balaban J connectivity index is 1.41. The largest absolute Gasteiger partial charge is 0.343 e. The monoisotopic (exact) mass is 412 g/mol. The Hall–Kier alpha value is -3.42. The van der Waals surface area contributed by atoms with E-state index in [4.69, 9.17) is 0 Å². The predicted octanol–water partition coefficient (Wildman–Crippen LogP) is 2.62. The molecule has 7 nitrogen and oxygen atoms in total. The molecule has 3 N–H and O–H groups in total. The highest BCUT2D eigenvalue weighted by atomic mass is 19.1. The van der Waals surface area contributed by atoms with Crippen molar-refractivity contribution in [3.63, 3.8) is 0 Å². The fourth-order valence-electron chi connectivity index (χ4n) is 3.40. The SMILES string of the molecule is O=C(NCC1CCCN(C(=O)CNC(=O)c2ccccc2)C1)Nc1cccc(F)c1. The average Bonchev–Trinajstić information content (AvgIpc) is 2.76. The van der Waals surface area contributed by atoms with E-state index in [1.54, 1.807) is 35.2 Å². The van der Waals surface area contributed by atoms with Crippen LogP contribution < -0.4 is 16.0 Å². The van der Waals surface area contributed by atoms with Crippen molar-refractivity contribution in [2.45, 2.75) is 12.8 Å². The molecule has 4 amide bonds. The third kappa shape index (κ3) is 6.30. The molecule has 1 unspecified atom stereocenters. The maximum Gasteiger partial charge on any atom is 0.319 e. The number of benzene rings is 2. The molecule has 0 saturated carbocycles. The van der Waals surface area contributed by atoms with Crippen molar-refractivity contribution < 1.29 is 18.8 Å². The fraction of sp³-hybridized carbons (Fsp3) is 0.318. The quantitative estimate of drug-likeness (QED) is 0.681. The smallest absolute Gasteiger partial charge is 0.319 e. The summed E-state index contributed by atoms with van der Waals surface area (Å²) in [6.07, 6.45) is 1.72. The zero-order valence-corrected chi connectivity index (χ0v) is 16.6. The molecular weight excluding hydrogens is 387 g/mol. The molecular formula is C22H25FN4O3. The molecule has 30 heavy (non-hydrogen) atoms. The van der Waals surface area contributed by atoms with E-state index in [9.17, 15) is 18.8 Å². The predicted molar refractivity (Wildman–Crippen MR) is 112 cm³/mol. The first-order valence-corrected chi connectivity index (χ1v) is 9.92. The lowest BCUT2D eigenvalue weighted by Crippen LogP contribution is -2.47. The van der Waals surface area contributed by atoms with E-state index in [0.29, 0.717) is 30.9 Å². The van der Waals surface area contributed by atoms with Crippen LogP contribution in [-0.4, -0.2) is 48.9 Å². The number of nitrogens with zero attached hydrogens (tertiary/aromatic N) is 1. The van der Waals surface area contributed by atoms with E-state index in [0.717, 1.165) is 12.8 Å². The summed E-state index contributed by atoms with van der Waals surface area (Å²) < 4.78 is 13.2. The normalized spacial score (nSPS) is 15.9. The first-order chi connectivity index (χ1) is 14.5. The second-order valence-corrected chi connectivity index (χ2v) is 7.24. The molecule has 1 atom stereocenters. The Kier molecular flexibility index (Phi) is 7.37. The number of hydrogen-bond donors (Lipinski definition) is 3. The number of likely N-dealkylation sites (tertiary alicyclic amines) is 1. The molecule has 1 aliphatic heterocycles. The first kappa shape index (κ1) is 21.3. The minimum absolute atomic E-state index is 0.0616. The van der Waals surface area contributed by atoms with Gasteiger partial charge in [0.15, 0.2) is 0 Å². The average molecular weight is 412 g/mol. The molecule has 0 aromatic heterocycles. The van der Waals surface area contributed by atoms with Crippen LogP contribution in [0.2, 0.25) is 0 Å². The van der Waals surface area contributed by atoms with Gasteiger partial charge in [0.25, 0.3) is 5.91 Å². The lowest BCUT2D eigenvalue weighted by atomic mass is 9.98. The van der Waals surface area contributed by atoms with Crippen LogP contribution in [-0.2, 0) is 4.79 Å². The van der Waals surface area contributed by atoms with Crippen LogP contribution in [0.1, 0.15) is 23.2 Å². The van der Waals surface area contributed by atoms with Crippen LogP contribution in [0.3, 0.4) is 0 Å². The molecule has 2 aromatic carbocycles. The molecule has 1 aliphatic rings. The maximum absolute atomic E-state index is 13.2. The first-order valence-electron chi connectivity index (χ1n) is 9.92. The number of urea groups is 1. The number of carbonyl (C=O) groups is 3. The fourth-order valence-corrected chi connectivity index (χ4v) is 3.40. The van der Waals surface area contributed by atoms with Gasteiger partial charge in [-0.2, -0.15) is 0 Å². The van der Waals surface area contributed by atoms with Crippen LogP contribution >= 0.6 is 0 Å². The molecule has 0 bridgehead atoms. The number of amides is 4. The summed E-state index contributed by atoms with van der Waals surface area (Å²) in [6.45, 7) is 1.49. The second-order valence-electron chi connectivity index (χ2n) is 7.24. The highest BCUT2D eigenvalue weighted by molar-refractivity contribution is 5.96. The summed E-state index contributed by atoms with van der Waals surface area (Å²) in [5.74, 6) is -0.735. The van der Waals surface area contributed by atoms with Crippen LogP contribution in [0, 0.1) is 11.7 Å². The number of piperidine rings is 1. The second kappa shape index (κ2) is 10.4. The summed E-state index contributed by atoms with van der Waals surface area (Å²) >= 11 is 0. The third-order valence-corrected chi connectivity index (χ3v) is 4.94. The molecule has 0 radical (unpaired) electrons. The minimum atomic E-state index is -0.423. The van der Waals surface area contributed by atoms with Gasteiger partial charge >= 0.3 is 6.03 Å². The summed E-state index contributed by atoms with van der Waals surface area (Å²) in [7, 11) is 0. The van der Waals surface area contributed by atoms with Gasteiger partial charge in [-0.3, -0.25) is 9.59 Å². The third-order valence-electron chi connectivity index (χ3n) is 4.94. The molecule has 0 spiro atoms. The number of halogens is 1. The van der Waals surface area contributed by atoms with Crippen LogP contribution in [0.5, 0.6) is 0 Å². The Morgan fingerprint density at radius 2 is 1.83 bits per heavy atom. The van der Waals surface area contributed by atoms with Gasteiger partial charge in [-0.15, -0.1) is 0 Å². The van der Waals surface area contributed by atoms with Crippen molar-refractivity contribution in [1.82, 2.24) is 15.5 Å². The van der Waals surface area contributed by atoms with E-state index in [1.807, 2.05) is 6.07 Å². The van der Waals surface area contributed by atoms with Gasteiger partial charge in [-0.25, -0.2) is 9.18 Å². The zero-order valence-electron chi connectivity index (χ0n) is 16.6. The van der Waals surface area contributed by atoms with Crippen molar-refractivity contribution in [3.8, 4) is 0 Å². The Morgan fingerprint density at radius 1 is 1.03 bits per heavy atom. The molecule has 3 rings (SSSR count). The summed E-state index contributed by atoms with van der Waals surface area (Å²) in [5, 5.41) is 8.01. The molecule has 2 aromatic rings. The van der Waals surface area contributed by atoms with Crippen molar-refractivity contribution >= 4 is 23.5 Å². The Bertz CT molecular complexity index is 891. The van der Waals surface area contributed by atoms with E-state index in [-0.39, 0.29) is 24.3 Å². The highest BCUT2D eigenvalue weighted by Gasteiger charge is 2.24. The lowest BCUT2D eigenvalue weighted by molar-refractivity contribution is -0.131. The zero-order chi connectivity index (χ0) is 21.3. The van der Waals surface area contributed by atoms with Crippen LogP contribution in [0.25, 0.3) is 0 Å². The van der Waals surface area contributed by atoms with Gasteiger partial charge in [0.05, 0.1) is 6.54 Å². The van der Waals surface area contributed by atoms with E-state index in [2.05, 4.69) is 16.0 Å². The molecule has 1 saturated heterocycles. The number of carbonyl (C=O) groups excluding carboxylic acids is 3. The van der Waals surface area contributed by atoms with Gasteiger partial charge in [-0.05, 0) is 49.1 Å².